The molecule has 4 aromatic heterocycles. The maximum atomic E-state index is 5.42. The highest BCUT2D eigenvalue weighted by Crippen LogP contribution is 2.42. The summed E-state index contributed by atoms with van der Waals surface area (Å²) in [5, 5.41) is 8.22. The third-order valence-corrected chi connectivity index (χ3v) is 11.6. The zero-order valence-electron chi connectivity index (χ0n) is 31.3. The molecule has 0 aliphatic carbocycles. The Labute approximate surface area is 333 Å². The molecule has 270 valence electrons. The van der Waals surface area contributed by atoms with Crippen LogP contribution < -0.4 is 0 Å². The van der Waals surface area contributed by atoms with E-state index in [-0.39, 0.29) is 0 Å². The number of hydrogen-bond donors (Lipinski definition) is 0. The third-order valence-electron chi connectivity index (χ3n) is 11.6. The molecule has 5 heteroatoms. The van der Waals surface area contributed by atoms with Gasteiger partial charge in [0.1, 0.15) is 0 Å². The number of pyridine rings is 1. The molecule has 12 aromatic rings. The highest BCUT2D eigenvalue weighted by molar-refractivity contribution is 6.23. The summed E-state index contributed by atoms with van der Waals surface area (Å²) in [6, 6.07) is 68.9. The minimum atomic E-state index is 0.638. The molecule has 8 aromatic carbocycles. The Balaban J connectivity index is 1.11. The van der Waals surface area contributed by atoms with Crippen molar-refractivity contribution in [2.24, 2.45) is 0 Å². The second-order valence-corrected chi connectivity index (χ2v) is 14.8. The number of rotatable bonds is 5. The van der Waals surface area contributed by atoms with Gasteiger partial charge >= 0.3 is 0 Å². The Hall–Kier alpha value is -7.89. The zero-order valence-corrected chi connectivity index (χ0v) is 31.3. The van der Waals surface area contributed by atoms with E-state index in [2.05, 4.69) is 184 Å². The van der Waals surface area contributed by atoms with Crippen LogP contribution in [-0.2, 0) is 0 Å². The van der Waals surface area contributed by atoms with E-state index in [0.717, 1.165) is 61.1 Å². The van der Waals surface area contributed by atoms with Crippen LogP contribution in [0.25, 0.3) is 111 Å². The first-order valence-corrected chi connectivity index (χ1v) is 19.6. The zero-order chi connectivity index (χ0) is 38.2. The van der Waals surface area contributed by atoms with E-state index in [4.69, 9.17) is 9.97 Å². The second-order valence-electron chi connectivity index (χ2n) is 14.8. The molecule has 0 N–H and O–H groups in total. The number of fused-ring (bicyclic) bond motifs is 9. The molecule has 0 spiro atoms. The van der Waals surface area contributed by atoms with Crippen molar-refractivity contribution in [3.8, 4) is 45.3 Å². The van der Waals surface area contributed by atoms with Gasteiger partial charge in [-0.05, 0) is 82.6 Å². The lowest BCUT2D eigenvalue weighted by Crippen LogP contribution is -2.03. The van der Waals surface area contributed by atoms with Crippen LogP contribution in [0.1, 0.15) is 0 Å². The Morgan fingerprint density at radius 1 is 0.379 bits per heavy atom. The Kier molecular flexibility index (Phi) is 7.16. The molecule has 0 aliphatic heterocycles. The maximum Gasteiger partial charge on any atom is 0.235 e. The number of nitrogens with zero attached hydrogens (tertiary/aromatic N) is 5. The van der Waals surface area contributed by atoms with Gasteiger partial charge in [0, 0.05) is 49.9 Å². The van der Waals surface area contributed by atoms with Crippen LogP contribution in [0.5, 0.6) is 0 Å². The molecule has 0 bridgehead atoms. The van der Waals surface area contributed by atoms with Crippen molar-refractivity contribution >= 4 is 65.3 Å². The van der Waals surface area contributed by atoms with Gasteiger partial charge in [0.15, 0.2) is 0 Å². The van der Waals surface area contributed by atoms with Crippen LogP contribution in [0.15, 0.2) is 200 Å². The van der Waals surface area contributed by atoms with Gasteiger partial charge in [-0.25, -0.2) is 9.97 Å². The highest BCUT2D eigenvalue weighted by atomic mass is 15.2. The quantitative estimate of drug-likeness (QED) is 0.177. The van der Waals surface area contributed by atoms with Crippen LogP contribution in [-0.4, -0.2) is 24.1 Å². The third kappa shape index (κ3) is 4.93. The predicted octanol–water partition coefficient (Wildman–Crippen LogP) is 13.4. The normalized spacial score (nSPS) is 11.8. The van der Waals surface area contributed by atoms with Crippen molar-refractivity contribution < 1.29 is 0 Å². The van der Waals surface area contributed by atoms with E-state index >= 15 is 0 Å². The van der Waals surface area contributed by atoms with Crippen LogP contribution in [0.4, 0.5) is 0 Å². The average molecular weight is 740 g/mol. The minimum absolute atomic E-state index is 0.638. The highest BCUT2D eigenvalue weighted by Gasteiger charge is 2.21. The fourth-order valence-electron chi connectivity index (χ4n) is 9.01. The van der Waals surface area contributed by atoms with E-state index in [0.29, 0.717) is 5.95 Å². The first-order valence-electron chi connectivity index (χ1n) is 19.6. The van der Waals surface area contributed by atoms with Crippen molar-refractivity contribution in [1.29, 1.82) is 0 Å². The molecule has 0 radical (unpaired) electrons. The summed E-state index contributed by atoms with van der Waals surface area (Å²) in [6.07, 6.45) is 1.83. The maximum absolute atomic E-state index is 5.42. The molecule has 0 aliphatic rings. The smallest absolute Gasteiger partial charge is 0.235 e. The van der Waals surface area contributed by atoms with Gasteiger partial charge in [0.25, 0.3) is 0 Å². The minimum Gasteiger partial charge on any atom is -0.309 e. The number of benzene rings is 8. The molecule has 0 saturated carbocycles. The topological polar surface area (TPSA) is 48.5 Å². The van der Waals surface area contributed by atoms with Crippen molar-refractivity contribution in [2.45, 2.75) is 0 Å². The standard InChI is InChI=1S/C53H33N5/c1-2-14-38(15-3-1)57-46-22-9-7-18-42(46)50-40(19-12-23-48(50)57)37-29-30-47-43(33-37)51-39-16-5-4-13-34(39)28-31-49(51)58(47)53-55-45-21-8-6-17-41(45)52(56-53)36-26-24-35(25-27-36)44-20-10-11-32-54-44/h1-33H. The molecule has 5 nitrogen and oxygen atoms in total. The summed E-state index contributed by atoms with van der Waals surface area (Å²) in [7, 11) is 0. The summed E-state index contributed by atoms with van der Waals surface area (Å²) in [6.45, 7) is 0. The van der Waals surface area contributed by atoms with Crippen LogP contribution in [0, 0.1) is 0 Å². The molecule has 0 unspecified atom stereocenters. The summed E-state index contributed by atoms with van der Waals surface area (Å²) in [5.74, 6) is 0.638. The predicted molar refractivity (Wildman–Crippen MR) is 240 cm³/mol. The molecule has 0 saturated heterocycles. The molecule has 0 fully saturated rings. The van der Waals surface area contributed by atoms with Gasteiger partial charge in [0.05, 0.1) is 39.0 Å². The molecular weight excluding hydrogens is 707 g/mol. The Morgan fingerprint density at radius 3 is 1.91 bits per heavy atom. The van der Waals surface area contributed by atoms with Gasteiger partial charge in [0.2, 0.25) is 5.95 Å². The first kappa shape index (κ1) is 32.4. The SMILES string of the molecule is c1ccc(-n2c3ccccc3c3c(-c4ccc5c(c4)c4c6ccccc6ccc4n5-c4nc(-c5ccc(-c6ccccn6)cc5)c5ccccc5n4)cccc32)cc1. The monoisotopic (exact) mass is 739 g/mol. The lowest BCUT2D eigenvalue weighted by Gasteiger charge is -2.12. The lowest BCUT2D eigenvalue weighted by molar-refractivity contribution is 1.01. The van der Waals surface area contributed by atoms with Crippen molar-refractivity contribution in [3.63, 3.8) is 0 Å². The van der Waals surface area contributed by atoms with Gasteiger partial charge < -0.3 is 4.57 Å². The average Bonchev–Trinajstić information content (AvgIpc) is 3.82. The van der Waals surface area contributed by atoms with E-state index in [1.165, 1.54) is 43.5 Å². The number of aromatic nitrogens is 5. The molecule has 0 amide bonds. The Morgan fingerprint density at radius 2 is 1.05 bits per heavy atom. The fourth-order valence-corrected chi connectivity index (χ4v) is 9.01. The Bertz CT molecular complexity index is 3550. The largest absolute Gasteiger partial charge is 0.309 e. The molecule has 12 rings (SSSR count). The first-order chi connectivity index (χ1) is 28.8. The molecule has 4 heterocycles. The van der Waals surface area contributed by atoms with Crippen LogP contribution in [0.2, 0.25) is 0 Å². The molecule has 0 atom stereocenters. The summed E-state index contributed by atoms with van der Waals surface area (Å²) in [5.41, 5.74) is 12.8. The van der Waals surface area contributed by atoms with Gasteiger partial charge in [-0.2, -0.15) is 0 Å². The van der Waals surface area contributed by atoms with Gasteiger partial charge in [-0.15, -0.1) is 0 Å². The van der Waals surface area contributed by atoms with Crippen LogP contribution in [0.3, 0.4) is 0 Å². The summed E-state index contributed by atoms with van der Waals surface area (Å²) < 4.78 is 4.63. The van der Waals surface area contributed by atoms with E-state index in [9.17, 15) is 0 Å². The van der Waals surface area contributed by atoms with E-state index in [1.54, 1.807) is 0 Å². The fraction of sp³-hybridized carbons (Fsp3) is 0. The summed E-state index contributed by atoms with van der Waals surface area (Å²) in [4.78, 5) is 15.3. The number of hydrogen-bond acceptors (Lipinski definition) is 3. The van der Waals surface area contributed by atoms with E-state index in [1.807, 2.05) is 30.5 Å². The second kappa shape index (κ2) is 12.8. The van der Waals surface area contributed by atoms with Crippen molar-refractivity contribution in [3.05, 3.63) is 200 Å². The van der Waals surface area contributed by atoms with Crippen molar-refractivity contribution in [2.75, 3.05) is 0 Å². The lowest BCUT2D eigenvalue weighted by atomic mass is 9.97. The van der Waals surface area contributed by atoms with Gasteiger partial charge in [-0.1, -0.05) is 133 Å². The molecule has 58 heavy (non-hydrogen) atoms. The van der Waals surface area contributed by atoms with Crippen molar-refractivity contribution in [1.82, 2.24) is 24.1 Å². The molecular formula is C53H33N5. The number of para-hydroxylation sites is 3. The summed E-state index contributed by atoms with van der Waals surface area (Å²) >= 11 is 0. The van der Waals surface area contributed by atoms with Crippen LogP contribution >= 0.6 is 0 Å². The van der Waals surface area contributed by atoms with Gasteiger partial charge in [-0.3, -0.25) is 9.55 Å². The van der Waals surface area contributed by atoms with E-state index < -0.39 is 0 Å².